The molecule has 1 aromatic carbocycles. The van der Waals surface area contributed by atoms with Gasteiger partial charge in [-0.2, -0.15) is 5.10 Å². The molecule has 7 heteroatoms. The standard InChI is InChI=1S/C27H28BrN3O3/c1-2-22-12-13-25-27(20-14-21(28)16-29-15-20)23(10-6-7-11-26(32)33)24(30-31(22)25)18-34-17-19-8-4-3-5-9-19/h3-5,8-9,12-16H,2,6-7,10-11,17-18H2,1H3,(H,32,33). The maximum absolute atomic E-state index is 11.0. The number of aromatic nitrogens is 3. The van der Waals surface area contributed by atoms with Crippen molar-refractivity contribution in [1.82, 2.24) is 14.6 Å². The van der Waals surface area contributed by atoms with E-state index in [1.165, 1.54) is 0 Å². The van der Waals surface area contributed by atoms with Crippen LogP contribution in [0.1, 0.15) is 48.7 Å². The first-order valence-corrected chi connectivity index (χ1v) is 12.3. The second kappa shape index (κ2) is 11.4. The summed E-state index contributed by atoms with van der Waals surface area (Å²) in [6.45, 7) is 2.99. The highest BCUT2D eigenvalue weighted by atomic mass is 79.9. The van der Waals surface area contributed by atoms with E-state index in [0.29, 0.717) is 19.6 Å². The Morgan fingerprint density at radius 3 is 2.65 bits per heavy atom. The summed E-state index contributed by atoms with van der Waals surface area (Å²) < 4.78 is 9.03. The molecule has 0 aliphatic carbocycles. The van der Waals surface area contributed by atoms with Gasteiger partial charge in [0.1, 0.15) is 0 Å². The molecule has 3 heterocycles. The average Bonchev–Trinajstić information content (AvgIpc) is 3.24. The van der Waals surface area contributed by atoms with Crippen LogP contribution in [0.2, 0.25) is 0 Å². The SMILES string of the molecule is CCc1ccc2c(-c3cncc(Br)c3)c(CCCCC(=O)O)c(COCc3ccccc3)nn12. The van der Waals surface area contributed by atoms with Crippen molar-refractivity contribution in [2.45, 2.75) is 52.2 Å². The molecule has 0 radical (unpaired) electrons. The van der Waals surface area contributed by atoms with Crippen molar-refractivity contribution in [2.75, 3.05) is 0 Å². The molecule has 0 atom stereocenters. The largest absolute Gasteiger partial charge is 0.481 e. The lowest BCUT2D eigenvalue weighted by Gasteiger charge is -2.18. The van der Waals surface area contributed by atoms with Crippen molar-refractivity contribution in [2.24, 2.45) is 0 Å². The maximum atomic E-state index is 11.0. The second-order valence-corrected chi connectivity index (χ2v) is 9.16. The van der Waals surface area contributed by atoms with Gasteiger partial charge in [-0.3, -0.25) is 9.78 Å². The van der Waals surface area contributed by atoms with Crippen LogP contribution in [0.15, 0.2) is 65.4 Å². The van der Waals surface area contributed by atoms with Crippen molar-refractivity contribution >= 4 is 27.4 Å². The molecule has 0 bridgehead atoms. The summed E-state index contributed by atoms with van der Waals surface area (Å²) in [4.78, 5) is 15.4. The number of halogens is 1. The number of aryl methyl sites for hydroxylation is 1. The first-order valence-electron chi connectivity index (χ1n) is 11.5. The highest BCUT2D eigenvalue weighted by Crippen LogP contribution is 2.34. The average molecular weight is 522 g/mol. The van der Waals surface area contributed by atoms with Gasteiger partial charge < -0.3 is 9.84 Å². The number of unbranched alkanes of at least 4 members (excludes halogenated alkanes) is 1. The van der Waals surface area contributed by atoms with Gasteiger partial charge in [0, 0.05) is 40.1 Å². The molecule has 4 rings (SSSR count). The van der Waals surface area contributed by atoms with Gasteiger partial charge in [-0.25, -0.2) is 4.52 Å². The van der Waals surface area contributed by atoms with Gasteiger partial charge >= 0.3 is 5.97 Å². The zero-order valence-electron chi connectivity index (χ0n) is 19.2. The quantitative estimate of drug-likeness (QED) is 0.236. The van der Waals surface area contributed by atoms with Crippen LogP contribution in [0.4, 0.5) is 0 Å². The van der Waals surface area contributed by atoms with Crippen LogP contribution in [0.25, 0.3) is 16.6 Å². The lowest BCUT2D eigenvalue weighted by Crippen LogP contribution is -2.10. The molecule has 6 nitrogen and oxygen atoms in total. The third-order valence-corrected chi connectivity index (χ3v) is 6.27. The van der Waals surface area contributed by atoms with Crippen molar-refractivity contribution in [1.29, 1.82) is 0 Å². The number of fused-ring (bicyclic) bond motifs is 1. The fourth-order valence-electron chi connectivity index (χ4n) is 4.20. The van der Waals surface area contributed by atoms with Crippen LogP contribution in [-0.4, -0.2) is 25.7 Å². The molecule has 34 heavy (non-hydrogen) atoms. The Morgan fingerprint density at radius 2 is 1.91 bits per heavy atom. The van der Waals surface area contributed by atoms with E-state index in [0.717, 1.165) is 62.9 Å². The molecule has 0 aliphatic rings. The first kappa shape index (κ1) is 24.1. The minimum Gasteiger partial charge on any atom is -0.481 e. The Balaban J connectivity index is 1.76. The number of rotatable bonds is 11. The Labute approximate surface area is 207 Å². The van der Waals surface area contributed by atoms with Gasteiger partial charge in [-0.1, -0.05) is 37.3 Å². The van der Waals surface area contributed by atoms with E-state index in [4.69, 9.17) is 14.9 Å². The smallest absolute Gasteiger partial charge is 0.303 e. The highest BCUT2D eigenvalue weighted by Gasteiger charge is 2.19. The predicted molar refractivity (Wildman–Crippen MR) is 136 cm³/mol. The van der Waals surface area contributed by atoms with Crippen molar-refractivity contribution in [3.63, 3.8) is 0 Å². The number of pyridine rings is 1. The minimum atomic E-state index is -0.768. The molecular formula is C27H28BrN3O3. The Bertz CT molecular complexity index is 1270. The van der Waals surface area contributed by atoms with Crippen molar-refractivity contribution in [3.8, 4) is 11.1 Å². The van der Waals surface area contributed by atoms with E-state index in [1.807, 2.05) is 41.0 Å². The van der Waals surface area contributed by atoms with Gasteiger partial charge in [0.25, 0.3) is 0 Å². The van der Waals surface area contributed by atoms with E-state index in [1.54, 1.807) is 6.20 Å². The zero-order valence-corrected chi connectivity index (χ0v) is 20.8. The second-order valence-electron chi connectivity index (χ2n) is 8.25. The van der Waals surface area contributed by atoms with E-state index in [2.05, 4.69) is 46.0 Å². The number of benzene rings is 1. The highest BCUT2D eigenvalue weighted by molar-refractivity contribution is 9.10. The Hall–Kier alpha value is -3.03. The fraction of sp³-hybridized carbons (Fsp3) is 0.296. The van der Waals surface area contributed by atoms with Gasteiger partial charge in [0.05, 0.1) is 24.4 Å². The number of hydrogen-bond donors (Lipinski definition) is 1. The molecule has 0 saturated carbocycles. The summed E-state index contributed by atoms with van der Waals surface area (Å²) in [6, 6.07) is 16.4. The van der Waals surface area contributed by atoms with Crippen molar-refractivity contribution < 1.29 is 14.6 Å². The van der Waals surface area contributed by atoms with Crippen LogP contribution in [0, 0.1) is 0 Å². The Morgan fingerprint density at radius 1 is 1.09 bits per heavy atom. The van der Waals surface area contributed by atoms with Crippen LogP contribution < -0.4 is 0 Å². The third-order valence-electron chi connectivity index (χ3n) is 5.83. The van der Waals surface area contributed by atoms with Crippen molar-refractivity contribution in [3.05, 3.63) is 87.9 Å². The predicted octanol–water partition coefficient (Wildman–Crippen LogP) is 6.24. The topological polar surface area (TPSA) is 76.7 Å². The maximum Gasteiger partial charge on any atom is 0.303 e. The molecule has 0 aliphatic heterocycles. The third kappa shape index (κ3) is 5.72. The minimum absolute atomic E-state index is 0.161. The zero-order chi connectivity index (χ0) is 23.9. The van der Waals surface area contributed by atoms with E-state index >= 15 is 0 Å². The van der Waals surface area contributed by atoms with Gasteiger partial charge in [0.15, 0.2) is 0 Å². The molecule has 0 saturated heterocycles. The molecule has 0 spiro atoms. The van der Waals surface area contributed by atoms with Crippen LogP contribution in [0.3, 0.4) is 0 Å². The molecule has 1 N–H and O–H groups in total. The number of ether oxygens (including phenoxy) is 1. The molecule has 0 unspecified atom stereocenters. The van der Waals surface area contributed by atoms with Gasteiger partial charge in [-0.15, -0.1) is 0 Å². The lowest BCUT2D eigenvalue weighted by atomic mass is 9.95. The lowest BCUT2D eigenvalue weighted by molar-refractivity contribution is -0.137. The number of nitrogens with zero attached hydrogens (tertiary/aromatic N) is 3. The Kier molecular flexibility index (Phi) is 8.08. The molecule has 0 amide bonds. The number of aliphatic carboxylic acids is 1. The fourth-order valence-corrected chi connectivity index (χ4v) is 4.56. The number of carbonyl (C=O) groups is 1. The summed E-state index contributed by atoms with van der Waals surface area (Å²) in [5.41, 5.74) is 7.30. The van der Waals surface area contributed by atoms with E-state index in [-0.39, 0.29) is 6.42 Å². The first-order chi connectivity index (χ1) is 16.6. The van der Waals surface area contributed by atoms with Crippen LogP contribution >= 0.6 is 15.9 Å². The molecular weight excluding hydrogens is 494 g/mol. The summed E-state index contributed by atoms with van der Waals surface area (Å²) in [5.74, 6) is -0.768. The van der Waals surface area contributed by atoms with Crippen LogP contribution in [0.5, 0.6) is 0 Å². The van der Waals surface area contributed by atoms with E-state index in [9.17, 15) is 4.79 Å². The summed E-state index contributed by atoms with van der Waals surface area (Å²) in [6.07, 6.45) is 6.75. The number of carboxylic acids is 1. The number of hydrogen-bond acceptors (Lipinski definition) is 4. The normalized spacial score (nSPS) is 11.2. The molecule has 3 aromatic heterocycles. The van der Waals surface area contributed by atoms with Crippen LogP contribution in [-0.2, 0) is 35.6 Å². The summed E-state index contributed by atoms with van der Waals surface area (Å²) in [7, 11) is 0. The monoisotopic (exact) mass is 521 g/mol. The van der Waals surface area contributed by atoms with Gasteiger partial charge in [-0.05, 0) is 70.9 Å². The van der Waals surface area contributed by atoms with E-state index < -0.39 is 5.97 Å². The molecule has 0 fully saturated rings. The van der Waals surface area contributed by atoms with Gasteiger partial charge in [0.2, 0.25) is 0 Å². The number of carboxylic acid groups (broad SMARTS) is 1. The molecule has 4 aromatic rings. The molecule has 176 valence electrons. The summed E-state index contributed by atoms with van der Waals surface area (Å²) in [5, 5.41) is 14.1. The summed E-state index contributed by atoms with van der Waals surface area (Å²) >= 11 is 3.56.